The van der Waals surface area contributed by atoms with Gasteiger partial charge in [-0.25, -0.2) is 4.98 Å². The fraction of sp³-hybridized carbons (Fsp3) is 0.182. The van der Waals surface area contributed by atoms with Crippen molar-refractivity contribution in [3.63, 3.8) is 0 Å². The summed E-state index contributed by atoms with van der Waals surface area (Å²) in [4.78, 5) is 13.7. The molecule has 0 saturated heterocycles. The van der Waals surface area contributed by atoms with Gasteiger partial charge in [0, 0.05) is 19.3 Å². The molecule has 0 atom stereocenters. The maximum Gasteiger partial charge on any atom is 0.281 e. The van der Waals surface area contributed by atoms with Gasteiger partial charge in [-0.2, -0.15) is 8.42 Å². The van der Waals surface area contributed by atoms with Crippen molar-refractivity contribution >= 4 is 21.4 Å². The van der Waals surface area contributed by atoms with Crippen LogP contribution in [0.4, 0.5) is 11.4 Å². The Morgan fingerprint density at radius 2 is 2.10 bits per heavy atom. The molecule has 2 N–H and O–H groups in total. The van der Waals surface area contributed by atoms with Gasteiger partial charge in [-0.3, -0.25) is 14.8 Å². The molecule has 0 aliphatic rings. The Kier molecular flexibility index (Phi) is 3.56. The van der Waals surface area contributed by atoms with Crippen molar-refractivity contribution < 1.29 is 18.4 Å². The van der Waals surface area contributed by atoms with E-state index in [-0.39, 0.29) is 16.4 Å². The minimum atomic E-state index is -3.98. The van der Waals surface area contributed by atoms with Crippen molar-refractivity contribution in [3.05, 3.63) is 40.3 Å². The molecule has 0 amide bonds. The Balaban J connectivity index is 2.35. The van der Waals surface area contributed by atoms with Crippen LogP contribution < -0.4 is 4.72 Å². The quantitative estimate of drug-likeness (QED) is 0.495. The number of phenols is 1. The van der Waals surface area contributed by atoms with Crippen LogP contribution in [0.15, 0.2) is 29.4 Å². The number of sulfonamides is 1. The number of benzene rings is 1. The Labute approximate surface area is 120 Å². The van der Waals surface area contributed by atoms with Gasteiger partial charge in [0.15, 0.2) is 5.03 Å². The zero-order valence-corrected chi connectivity index (χ0v) is 12.0. The summed E-state index contributed by atoms with van der Waals surface area (Å²) >= 11 is 0. The third-order valence-electron chi connectivity index (χ3n) is 2.80. The topological polar surface area (TPSA) is 127 Å². The molecule has 0 unspecified atom stereocenters. The van der Waals surface area contributed by atoms with E-state index in [1.165, 1.54) is 10.8 Å². The maximum absolute atomic E-state index is 12.1. The predicted octanol–water partition coefficient (Wildman–Crippen LogP) is 1.14. The number of nitrogens with one attached hydrogen (secondary N) is 1. The van der Waals surface area contributed by atoms with E-state index >= 15 is 0 Å². The van der Waals surface area contributed by atoms with Crippen LogP contribution in [0.2, 0.25) is 0 Å². The first-order chi connectivity index (χ1) is 9.70. The second kappa shape index (κ2) is 5.05. The highest BCUT2D eigenvalue weighted by molar-refractivity contribution is 7.92. The number of nitro benzene ring substituents is 1. The minimum Gasteiger partial charge on any atom is -0.505 e. The minimum absolute atomic E-state index is 0.163. The van der Waals surface area contributed by atoms with Crippen molar-refractivity contribution in [3.8, 4) is 5.75 Å². The molecule has 0 spiro atoms. The van der Waals surface area contributed by atoms with E-state index < -0.39 is 20.7 Å². The van der Waals surface area contributed by atoms with Crippen LogP contribution in [0.3, 0.4) is 0 Å². The summed E-state index contributed by atoms with van der Waals surface area (Å²) < 4.78 is 27.9. The smallest absolute Gasteiger partial charge is 0.281 e. The summed E-state index contributed by atoms with van der Waals surface area (Å²) in [5.74, 6) is -0.0382. The monoisotopic (exact) mass is 312 g/mol. The van der Waals surface area contributed by atoms with E-state index in [4.69, 9.17) is 0 Å². The molecule has 112 valence electrons. The molecule has 1 heterocycles. The van der Waals surface area contributed by atoms with Crippen LogP contribution in [0.25, 0.3) is 0 Å². The number of nitrogens with zero attached hydrogens (tertiary/aromatic N) is 3. The van der Waals surface area contributed by atoms with Gasteiger partial charge >= 0.3 is 0 Å². The number of phenolic OH excluding ortho intramolecular Hbond substituents is 1. The van der Waals surface area contributed by atoms with Crippen LogP contribution in [0.5, 0.6) is 5.75 Å². The second-order valence-corrected chi connectivity index (χ2v) is 5.93. The van der Waals surface area contributed by atoms with E-state index in [0.29, 0.717) is 5.82 Å². The number of imidazole rings is 1. The van der Waals surface area contributed by atoms with E-state index in [1.54, 1.807) is 14.0 Å². The molecule has 1 aromatic carbocycles. The van der Waals surface area contributed by atoms with Crippen LogP contribution in [-0.4, -0.2) is 28.0 Å². The Bertz CT molecular complexity index is 793. The fourth-order valence-electron chi connectivity index (χ4n) is 1.57. The van der Waals surface area contributed by atoms with E-state index in [1.807, 2.05) is 0 Å². The first-order valence-corrected chi connectivity index (χ1v) is 7.19. The Morgan fingerprint density at radius 3 is 2.57 bits per heavy atom. The van der Waals surface area contributed by atoms with Gasteiger partial charge in [-0.1, -0.05) is 0 Å². The molecule has 2 aromatic rings. The van der Waals surface area contributed by atoms with Gasteiger partial charge in [-0.05, 0) is 13.0 Å². The third kappa shape index (κ3) is 2.94. The lowest BCUT2D eigenvalue weighted by molar-refractivity contribution is -0.384. The molecule has 0 bridgehead atoms. The van der Waals surface area contributed by atoms with Gasteiger partial charge in [0.05, 0.1) is 16.7 Å². The lowest BCUT2D eigenvalue weighted by Crippen LogP contribution is -2.13. The maximum atomic E-state index is 12.1. The predicted molar refractivity (Wildman–Crippen MR) is 73.5 cm³/mol. The zero-order valence-electron chi connectivity index (χ0n) is 11.1. The van der Waals surface area contributed by atoms with Crippen molar-refractivity contribution in [2.24, 2.45) is 7.05 Å². The van der Waals surface area contributed by atoms with Crippen LogP contribution in [0.1, 0.15) is 5.82 Å². The number of aromatic nitrogens is 2. The summed E-state index contributed by atoms with van der Waals surface area (Å²) in [6.45, 7) is 1.64. The fourth-order valence-corrected chi connectivity index (χ4v) is 2.69. The van der Waals surface area contributed by atoms with Crippen molar-refractivity contribution in [1.82, 2.24) is 9.55 Å². The SMILES string of the molecule is Cc1nc(S(=O)(=O)Nc2ccc([N+](=O)[O-])cc2O)cn1C. The zero-order chi connectivity index (χ0) is 15.8. The van der Waals surface area contributed by atoms with E-state index in [2.05, 4.69) is 9.71 Å². The van der Waals surface area contributed by atoms with Gasteiger partial charge in [0.1, 0.15) is 11.6 Å². The summed E-state index contributed by atoms with van der Waals surface area (Å²) in [5.41, 5.74) is -0.506. The molecule has 21 heavy (non-hydrogen) atoms. The number of aryl methyl sites for hydroxylation is 2. The Morgan fingerprint density at radius 1 is 1.43 bits per heavy atom. The van der Waals surface area contributed by atoms with E-state index in [9.17, 15) is 23.6 Å². The van der Waals surface area contributed by atoms with Gasteiger partial charge in [0.2, 0.25) is 0 Å². The van der Waals surface area contributed by atoms with Crippen LogP contribution in [0, 0.1) is 17.0 Å². The Hall–Kier alpha value is -2.62. The number of aromatic hydroxyl groups is 1. The van der Waals surface area contributed by atoms with Crippen LogP contribution in [-0.2, 0) is 17.1 Å². The number of anilines is 1. The number of rotatable bonds is 4. The highest BCUT2D eigenvalue weighted by Crippen LogP contribution is 2.29. The molecule has 0 radical (unpaired) electrons. The largest absolute Gasteiger partial charge is 0.505 e. The van der Waals surface area contributed by atoms with Crippen molar-refractivity contribution in [1.29, 1.82) is 0 Å². The molecular weight excluding hydrogens is 300 g/mol. The molecule has 9 nitrogen and oxygen atoms in total. The highest BCUT2D eigenvalue weighted by Gasteiger charge is 2.21. The number of hydrogen-bond acceptors (Lipinski definition) is 6. The average Bonchev–Trinajstić information content (AvgIpc) is 2.72. The van der Waals surface area contributed by atoms with Gasteiger partial charge in [0.25, 0.3) is 15.7 Å². The molecule has 0 aliphatic carbocycles. The molecule has 0 fully saturated rings. The first-order valence-electron chi connectivity index (χ1n) is 5.71. The number of nitro groups is 1. The second-order valence-electron chi connectivity index (χ2n) is 4.30. The standard InChI is InChI=1S/C11H12N4O5S/c1-7-12-11(6-14(7)2)21(19,20)13-9-4-3-8(15(17)18)5-10(9)16/h3-6,13,16H,1-2H3. The molecular formula is C11H12N4O5S. The molecule has 2 rings (SSSR count). The van der Waals surface area contributed by atoms with Crippen molar-refractivity contribution in [2.45, 2.75) is 11.9 Å². The molecule has 1 aromatic heterocycles. The first kappa shape index (κ1) is 14.8. The summed E-state index contributed by atoms with van der Waals surface area (Å²) in [6, 6.07) is 3.06. The van der Waals surface area contributed by atoms with Crippen molar-refractivity contribution in [2.75, 3.05) is 4.72 Å². The molecule has 10 heteroatoms. The normalized spacial score (nSPS) is 11.3. The summed E-state index contributed by atoms with van der Waals surface area (Å²) in [5, 5.41) is 20.0. The van der Waals surface area contributed by atoms with Gasteiger partial charge < -0.3 is 9.67 Å². The highest BCUT2D eigenvalue weighted by atomic mass is 32.2. The van der Waals surface area contributed by atoms with E-state index in [0.717, 1.165) is 18.2 Å². The van der Waals surface area contributed by atoms with Crippen LogP contribution >= 0.6 is 0 Å². The van der Waals surface area contributed by atoms with Gasteiger partial charge in [-0.15, -0.1) is 0 Å². The molecule has 0 aliphatic heterocycles. The average molecular weight is 312 g/mol. The lowest BCUT2D eigenvalue weighted by Gasteiger charge is -2.07. The molecule has 0 saturated carbocycles. The number of hydrogen-bond donors (Lipinski definition) is 2. The number of non-ortho nitro benzene ring substituents is 1. The lowest BCUT2D eigenvalue weighted by atomic mass is 10.3. The third-order valence-corrected chi connectivity index (χ3v) is 4.03. The summed E-state index contributed by atoms with van der Waals surface area (Å²) in [6.07, 6.45) is 1.32. The summed E-state index contributed by atoms with van der Waals surface area (Å²) in [7, 11) is -2.34.